The van der Waals surface area contributed by atoms with E-state index < -0.39 is 12.1 Å². The van der Waals surface area contributed by atoms with Gasteiger partial charge in [-0.05, 0) is 36.8 Å². The molecule has 0 amide bonds. The Morgan fingerprint density at radius 3 is 2.75 bits per heavy atom. The maximum Gasteiger partial charge on any atom is 0.335 e. The molecule has 0 radical (unpaired) electrons. The third-order valence-electron chi connectivity index (χ3n) is 4.93. The second-order valence-electron chi connectivity index (χ2n) is 7.00. The Balaban J connectivity index is 1.49. The van der Waals surface area contributed by atoms with Crippen LogP contribution in [-0.4, -0.2) is 30.8 Å². The summed E-state index contributed by atoms with van der Waals surface area (Å²) in [6.07, 6.45) is 1.32. The summed E-state index contributed by atoms with van der Waals surface area (Å²) in [6, 6.07) is 13.2. The molecule has 1 atom stereocenters. The first-order valence-electron chi connectivity index (χ1n) is 10.1. The van der Waals surface area contributed by atoms with Crippen LogP contribution in [-0.2, 0) is 27.3 Å². The molecule has 4 rings (SSSR count). The lowest BCUT2D eigenvalue weighted by atomic mass is 10.0. The van der Waals surface area contributed by atoms with E-state index in [0.717, 1.165) is 27.2 Å². The quantitative estimate of drug-likeness (QED) is 0.283. The Labute approximate surface area is 194 Å². The summed E-state index contributed by atoms with van der Waals surface area (Å²) in [5.41, 5.74) is 3.38. The van der Waals surface area contributed by atoms with Crippen molar-refractivity contribution < 1.29 is 23.4 Å². The fourth-order valence-electron chi connectivity index (χ4n) is 3.38. The zero-order valence-electron chi connectivity index (χ0n) is 17.7. The van der Waals surface area contributed by atoms with E-state index in [-0.39, 0.29) is 0 Å². The van der Waals surface area contributed by atoms with Crippen LogP contribution in [0.5, 0.6) is 5.75 Å². The van der Waals surface area contributed by atoms with Crippen molar-refractivity contribution in [2.24, 2.45) is 0 Å². The second kappa shape index (κ2) is 10.2. The van der Waals surface area contributed by atoms with Crippen molar-refractivity contribution in [3.05, 3.63) is 70.4 Å². The van der Waals surface area contributed by atoms with Gasteiger partial charge in [0.15, 0.2) is 17.4 Å². The molecule has 6 nitrogen and oxygen atoms in total. The summed E-state index contributed by atoms with van der Waals surface area (Å²) in [5.74, 6) is 0.213. The molecule has 32 heavy (non-hydrogen) atoms. The molecule has 2 heterocycles. The van der Waals surface area contributed by atoms with E-state index in [4.69, 9.17) is 30.2 Å². The number of carbonyl (C=O) groups is 1. The van der Waals surface area contributed by atoms with Gasteiger partial charge in [0.25, 0.3) is 0 Å². The van der Waals surface area contributed by atoms with Gasteiger partial charge in [-0.3, -0.25) is 0 Å². The third-order valence-corrected chi connectivity index (χ3v) is 6.12. The number of benzene rings is 2. The molecule has 8 heteroatoms. The predicted molar refractivity (Wildman–Crippen MR) is 124 cm³/mol. The highest BCUT2D eigenvalue weighted by atomic mass is 35.5. The van der Waals surface area contributed by atoms with Crippen molar-refractivity contribution in [2.75, 3.05) is 13.7 Å². The molecule has 0 aliphatic carbocycles. The summed E-state index contributed by atoms with van der Waals surface area (Å²) in [5, 5.41) is 4.44. The van der Waals surface area contributed by atoms with Crippen molar-refractivity contribution in [1.82, 2.24) is 4.98 Å². The van der Waals surface area contributed by atoms with Gasteiger partial charge in [0, 0.05) is 34.4 Å². The summed E-state index contributed by atoms with van der Waals surface area (Å²) in [6.45, 7) is 2.57. The molecule has 0 saturated carbocycles. The monoisotopic (exact) mass is 471 g/mol. The van der Waals surface area contributed by atoms with Crippen LogP contribution < -0.4 is 4.74 Å². The molecule has 0 aliphatic heterocycles. The number of rotatable bonds is 9. The lowest BCUT2D eigenvalue weighted by molar-refractivity contribution is -0.153. The molecular weight excluding hydrogens is 450 g/mol. The number of hydrogen-bond acceptors (Lipinski definition) is 7. The van der Waals surface area contributed by atoms with Gasteiger partial charge in [0.2, 0.25) is 0 Å². The van der Waals surface area contributed by atoms with E-state index in [9.17, 15) is 4.79 Å². The minimum atomic E-state index is -0.670. The van der Waals surface area contributed by atoms with Crippen LogP contribution in [0.3, 0.4) is 0 Å². The van der Waals surface area contributed by atoms with Crippen LogP contribution in [0, 0.1) is 0 Å². The van der Waals surface area contributed by atoms with Crippen molar-refractivity contribution in [2.45, 2.75) is 26.1 Å². The van der Waals surface area contributed by atoms with Crippen molar-refractivity contribution >= 4 is 39.9 Å². The van der Waals surface area contributed by atoms with E-state index in [0.29, 0.717) is 36.0 Å². The minimum Gasteiger partial charge on any atom is -0.483 e. The molecule has 4 aromatic rings. The Morgan fingerprint density at radius 2 is 2.00 bits per heavy atom. The van der Waals surface area contributed by atoms with Crippen LogP contribution in [0.15, 0.2) is 58.5 Å². The molecule has 0 fully saturated rings. The Kier molecular flexibility index (Phi) is 7.09. The van der Waals surface area contributed by atoms with Gasteiger partial charge >= 0.3 is 5.97 Å². The average Bonchev–Trinajstić information content (AvgIpc) is 3.48. The largest absolute Gasteiger partial charge is 0.483 e. The second-order valence-corrected chi connectivity index (χ2v) is 8.29. The summed E-state index contributed by atoms with van der Waals surface area (Å²) >= 11 is 7.51. The van der Waals surface area contributed by atoms with Gasteiger partial charge in [0.1, 0.15) is 11.6 Å². The Morgan fingerprint density at radius 1 is 1.19 bits per heavy atom. The van der Waals surface area contributed by atoms with E-state index in [1.807, 2.05) is 54.8 Å². The lowest BCUT2D eigenvalue weighted by Crippen LogP contribution is -2.28. The van der Waals surface area contributed by atoms with Gasteiger partial charge in [-0.2, -0.15) is 0 Å². The van der Waals surface area contributed by atoms with Gasteiger partial charge < -0.3 is 18.6 Å². The number of aromatic nitrogens is 1. The standard InChI is InChI=1S/C24H22ClNO5S/c1-3-29-21(24(27)28-2)12-16-6-9-20(22-19(16)10-11-30-22)31-13-18-14-32-23(26-18)15-4-7-17(25)8-5-15/h4-11,14,21H,3,12-13H2,1-2H3. The number of nitrogens with zero attached hydrogens (tertiary/aromatic N) is 1. The number of hydrogen-bond donors (Lipinski definition) is 0. The molecule has 0 bridgehead atoms. The molecule has 1 unspecified atom stereocenters. The lowest BCUT2D eigenvalue weighted by Gasteiger charge is -2.15. The number of thiazole rings is 1. The van der Waals surface area contributed by atoms with Crippen LogP contribution in [0.25, 0.3) is 21.5 Å². The van der Waals surface area contributed by atoms with E-state index >= 15 is 0 Å². The highest BCUT2D eigenvalue weighted by molar-refractivity contribution is 7.13. The van der Waals surface area contributed by atoms with Crippen LogP contribution >= 0.6 is 22.9 Å². The highest BCUT2D eigenvalue weighted by Crippen LogP contribution is 2.32. The predicted octanol–water partition coefficient (Wildman–Crippen LogP) is 5.91. The molecular formula is C24H22ClNO5S. The zero-order valence-corrected chi connectivity index (χ0v) is 19.2. The number of fused-ring (bicyclic) bond motifs is 1. The number of methoxy groups -OCH3 is 1. The van der Waals surface area contributed by atoms with Gasteiger partial charge in [0.05, 0.1) is 19.1 Å². The zero-order chi connectivity index (χ0) is 22.5. The maximum atomic E-state index is 12.0. The SMILES string of the molecule is CCOC(Cc1ccc(OCc2csc(-c3ccc(Cl)cc3)n2)c2occc12)C(=O)OC. The van der Waals surface area contributed by atoms with E-state index in [1.165, 1.54) is 7.11 Å². The minimum absolute atomic E-state index is 0.308. The van der Waals surface area contributed by atoms with Crippen LogP contribution in [0.1, 0.15) is 18.2 Å². The van der Waals surface area contributed by atoms with E-state index in [2.05, 4.69) is 4.98 Å². The summed E-state index contributed by atoms with van der Waals surface area (Å²) in [4.78, 5) is 16.7. The van der Waals surface area contributed by atoms with E-state index in [1.54, 1.807) is 17.6 Å². The first-order chi connectivity index (χ1) is 15.6. The van der Waals surface area contributed by atoms with Crippen molar-refractivity contribution in [1.29, 1.82) is 0 Å². The number of ether oxygens (including phenoxy) is 3. The molecule has 2 aromatic heterocycles. The van der Waals surface area contributed by atoms with Crippen LogP contribution in [0.2, 0.25) is 5.02 Å². The number of halogens is 1. The molecule has 2 aromatic carbocycles. The molecule has 0 spiro atoms. The molecule has 0 N–H and O–H groups in total. The van der Waals surface area contributed by atoms with Crippen LogP contribution in [0.4, 0.5) is 0 Å². The Hall–Kier alpha value is -2.87. The first-order valence-corrected chi connectivity index (χ1v) is 11.4. The third kappa shape index (κ3) is 4.96. The Bertz CT molecular complexity index is 1200. The fraction of sp³-hybridized carbons (Fsp3) is 0.250. The molecule has 0 aliphatic rings. The van der Waals surface area contributed by atoms with Gasteiger partial charge in [-0.15, -0.1) is 11.3 Å². The van der Waals surface area contributed by atoms with Crippen molar-refractivity contribution in [3.63, 3.8) is 0 Å². The van der Waals surface area contributed by atoms with Crippen molar-refractivity contribution in [3.8, 4) is 16.3 Å². The number of esters is 1. The molecule has 166 valence electrons. The number of furan rings is 1. The maximum absolute atomic E-state index is 12.0. The highest BCUT2D eigenvalue weighted by Gasteiger charge is 2.22. The first kappa shape index (κ1) is 22.3. The smallest absolute Gasteiger partial charge is 0.335 e. The number of carbonyl (C=O) groups excluding carboxylic acids is 1. The fourth-order valence-corrected chi connectivity index (χ4v) is 4.32. The average molecular weight is 472 g/mol. The molecule has 0 saturated heterocycles. The topological polar surface area (TPSA) is 70.8 Å². The normalized spacial score (nSPS) is 12.1. The summed E-state index contributed by atoms with van der Waals surface area (Å²) in [7, 11) is 1.36. The van der Waals surface area contributed by atoms with Gasteiger partial charge in [-0.1, -0.05) is 29.8 Å². The van der Waals surface area contributed by atoms with Gasteiger partial charge in [-0.25, -0.2) is 9.78 Å². The summed E-state index contributed by atoms with van der Waals surface area (Å²) < 4.78 is 22.1.